The fourth-order valence-corrected chi connectivity index (χ4v) is 4.33. The number of hydrogen-bond donors (Lipinski definition) is 1. The molecule has 0 aromatic heterocycles. The molecule has 0 amide bonds. The molecule has 2 aliphatic rings. The zero-order valence-electron chi connectivity index (χ0n) is 13.1. The Morgan fingerprint density at radius 2 is 1.86 bits per heavy atom. The molecule has 1 N–H and O–H groups in total. The lowest BCUT2D eigenvalue weighted by atomic mass is 9.78. The number of rotatable bonds is 5. The lowest BCUT2D eigenvalue weighted by molar-refractivity contribution is 0.0699. The van der Waals surface area contributed by atoms with Crippen molar-refractivity contribution in [3.05, 3.63) is 29.8 Å². The first kappa shape index (κ1) is 16.0. The molecule has 22 heavy (non-hydrogen) atoms. The minimum atomic E-state index is -3.18. The van der Waals surface area contributed by atoms with Crippen LogP contribution in [-0.2, 0) is 9.84 Å². The molecule has 2 atom stereocenters. The van der Waals surface area contributed by atoms with Crippen molar-refractivity contribution in [1.82, 2.24) is 4.90 Å². The van der Waals surface area contributed by atoms with E-state index < -0.39 is 15.9 Å². The van der Waals surface area contributed by atoms with Gasteiger partial charge in [-0.1, -0.05) is 18.6 Å². The van der Waals surface area contributed by atoms with E-state index in [0.29, 0.717) is 17.5 Å². The minimum absolute atomic E-state index is 0.303. The van der Waals surface area contributed by atoms with E-state index in [0.717, 1.165) is 18.0 Å². The van der Waals surface area contributed by atoms with Crippen LogP contribution in [0.25, 0.3) is 0 Å². The SMILES string of the molecule is CS(=O)(=O)c1ccc(C(O)CN2CCCC2C2CCC2)cc1. The van der Waals surface area contributed by atoms with E-state index in [-0.39, 0.29) is 0 Å². The Kier molecular flexibility index (Phi) is 4.57. The highest BCUT2D eigenvalue weighted by Crippen LogP contribution is 2.37. The highest BCUT2D eigenvalue weighted by Gasteiger charge is 2.35. The lowest BCUT2D eigenvalue weighted by Gasteiger charge is -2.37. The molecule has 0 bridgehead atoms. The number of hydrogen-bond acceptors (Lipinski definition) is 4. The molecular weight excluding hydrogens is 298 g/mol. The summed E-state index contributed by atoms with van der Waals surface area (Å²) in [5.74, 6) is 0.822. The molecule has 2 fully saturated rings. The largest absolute Gasteiger partial charge is 0.387 e. The van der Waals surface area contributed by atoms with E-state index in [2.05, 4.69) is 4.90 Å². The molecule has 1 saturated carbocycles. The summed E-state index contributed by atoms with van der Waals surface area (Å²) in [4.78, 5) is 2.73. The molecule has 1 aromatic rings. The van der Waals surface area contributed by atoms with Crippen molar-refractivity contribution in [2.45, 2.75) is 49.1 Å². The van der Waals surface area contributed by atoms with Gasteiger partial charge in [0.25, 0.3) is 0 Å². The maximum absolute atomic E-state index is 11.5. The Labute approximate surface area is 133 Å². The molecule has 2 unspecified atom stereocenters. The Hall–Kier alpha value is -0.910. The van der Waals surface area contributed by atoms with Crippen LogP contribution in [0.5, 0.6) is 0 Å². The van der Waals surface area contributed by atoms with Gasteiger partial charge < -0.3 is 5.11 Å². The molecule has 4 nitrogen and oxygen atoms in total. The van der Waals surface area contributed by atoms with Gasteiger partial charge in [0.15, 0.2) is 9.84 Å². The van der Waals surface area contributed by atoms with Crippen LogP contribution in [0.15, 0.2) is 29.2 Å². The van der Waals surface area contributed by atoms with Gasteiger partial charge in [0.05, 0.1) is 11.0 Å². The molecular formula is C17H25NO3S. The molecule has 1 aromatic carbocycles. The first-order valence-corrected chi connectivity index (χ1v) is 10.1. The van der Waals surface area contributed by atoms with Gasteiger partial charge in [-0.15, -0.1) is 0 Å². The number of aliphatic hydroxyl groups excluding tert-OH is 1. The van der Waals surface area contributed by atoms with Gasteiger partial charge >= 0.3 is 0 Å². The van der Waals surface area contributed by atoms with E-state index >= 15 is 0 Å². The van der Waals surface area contributed by atoms with Crippen LogP contribution >= 0.6 is 0 Å². The monoisotopic (exact) mass is 323 g/mol. The fraction of sp³-hybridized carbons (Fsp3) is 0.647. The van der Waals surface area contributed by atoms with Crippen LogP contribution in [0.1, 0.15) is 43.8 Å². The summed E-state index contributed by atoms with van der Waals surface area (Å²) < 4.78 is 23.0. The van der Waals surface area contributed by atoms with Crippen molar-refractivity contribution in [2.75, 3.05) is 19.3 Å². The predicted molar refractivity (Wildman–Crippen MR) is 86.4 cm³/mol. The Bertz CT molecular complexity index is 607. The van der Waals surface area contributed by atoms with Gasteiger partial charge in [0, 0.05) is 18.8 Å². The maximum atomic E-state index is 11.5. The summed E-state index contributed by atoms with van der Waals surface area (Å²) in [5, 5.41) is 10.5. The number of nitrogens with zero attached hydrogens (tertiary/aromatic N) is 1. The van der Waals surface area contributed by atoms with Gasteiger partial charge in [-0.25, -0.2) is 8.42 Å². The third kappa shape index (κ3) is 3.36. The van der Waals surface area contributed by atoms with E-state index in [1.807, 2.05) is 0 Å². The molecule has 5 heteroatoms. The van der Waals surface area contributed by atoms with Crippen LogP contribution < -0.4 is 0 Å². The molecule has 3 rings (SSSR count). The average molecular weight is 323 g/mol. The third-order valence-corrected chi connectivity index (χ3v) is 6.34. The Morgan fingerprint density at radius 1 is 1.18 bits per heavy atom. The summed E-state index contributed by atoms with van der Waals surface area (Å²) in [5.41, 5.74) is 0.798. The summed E-state index contributed by atoms with van der Waals surface area (Å²) in [6.45, 7) is 1.72. The van der Waals surface area contributed by atoms with E-state index in [9.17, 15) is 13.5 Å². The molecule has 1 aliphatic carbocycles. The van der Waals surface area contributed by atoms with Gasteiger partial charge in [0.1, 0.15) is 0 Å². The van der Waals surface area contributed by atoms with Crippen molar-refractivity contribution in [3.8, 4) is 0 Å². The van der Waals surface area contributed by atoms with E-state index in [1.165, 1.54) is 38.4 Å². The Balaban J connectivity index is 1.65. The number of benzene rings is 1. The number of sulfone groups is 1. The van der Waals surface area contributed by atoms with Crippen LogP contribution in [-0.4, -0.2) is 43.8 Å². The predicted octanol–water partition coefficient (Wildman–Crippen LogP) is 2.39. The molecule has 1 saturated heterocycles. The molecule has 122 valence electrons. The van der Waals surface area contributed by atoms with Gasteiger partial charge in [-0.05, 0) is 55.8 Å². The van der Waals surface area contributed by atoms with Gasteiger partial charge in [0.2, 0.25) is 0 Å². The number of likely N-dealkylation sites (tertiary alicyclic amines) is 1. The average Bonchev–Trinajstić information content (AvgIpc) is 2.84. The summed E-state index contributed by atoms with van der Waals surface area (Å²) in [7, 11) is -3.18. The van der Waals surface area contributed by atoms with Crippen molar-refractivity contribution >= 4 is 9.84 Å². The topological polar surface area (TPSA) is 57.6 Å². The zero-order chi connectivity index (χ0) is 15.7. The number of β-amino-alcohol motifs (C(OH)–C–C–N with tert-alkyl or cyclic N) is 1. The van der Waals surface area contributed by atoms with Crippen LogP contribution in [0, 0.1) is 5.92 Å². The van der Waals surface area contributed by atoms with Crippen LogP contribution in [0.4, 0.5) is 0 Å². The molecule has 1 aliphatic heterocycles. The molecule has 1 heterocycles. The molecule has 0 spiro atoms. The summed E-state index contributed by atoms with van der Waals surface area (Å²) >= 11 is 0. The third-order valence-electron chi connectivity index (χ3n) is 5.21. The van der Waals surface area contributed by atoms with Crippen LogP contribution in [0.2, 0.25) is 0 Å². The van der Waals surface area contributed by atoms with Crippen LogP contribution in [0.3, 0.4) is 0 Å². The normalized spacial score (nSPS) is 25.1. The standard InChI is InChI=1S/C17H25NO3S/c1-22(20,21)15-9-7-14(8-10-15)17(19)12-18-11-3-6-16(18)13-4-2-5-13/h7-10,13,16-17,19H,2-6,11-12H2,1H3. The second-order valence-corrected chi connectivity index (χ2v) is 8.77. The quantitative estimate of drug-likeness (QED) is 0.904. The Morgan fingerprint density at radius 3 is 2.41 bits per heavy atom. The van der Waals surface area contributed by atoms with Crippen molar-refractivity contribution < 1.29 is 13.5 Å². The fourth-order valence-electron chi connectivity index (χ4n) is 3.70. The summed E-state index contributed by atoms with van der Waals surface area (Å²) in [6, 6.07) is 7.27. The van der Waals surface area contributed by atoms with Gasteiger partial charge in [-0.3, -0.25) is 4.90 Å². The molecule has 0 radical (unpaired) electrons. The van der Waals surface area contributed by atoms with Crippen molar-refractivity contribution in [2.24, 2.45) is 5.92 Å². The number of aliphatic hydroxyl groups is 1. The lowest BCUT2D eigenvalue weighted by Crippen LogP contribution is -2.40. The minimum Gasteiger partial charge on any atom is -0.387 e. The van der Waals surface area contributed by atoms with E-state index in [1.54, 1.807) is 24.3 Å². The second-order valence-electron chi connectivity index (χ2n) is 6.75. The van der Waals surface area contributed by atoms with Crippen molar-refractivity contribution in [1.29, 1.82) is 0 Å². The highest BCUT2D eigenvalue weighted by atomic mass is 32.2. The van der Waals surface area contributed by atoms with E-state index in [4.69, 9.17) is 0 Å². The summed E-state index contributed by atoms with van der Waals surface area (Å²) in [6.07, 6.45) is 7.15. The first-order chi connectivity index (χ1) is 10.4. The van der Waals surface area contributed by atoms with Crippen molar-refractivity contribution in [3.63, 3.8) is 0 Å². The second kappa shape index (κ2) is 6.30. The zero-order valence-corrected chi connectivity index (χ0v) is 13.9. The highest BCUT2D eigenvalue weighted by molar-refractivity contribution is 7.90. The maximum Gasteiger partial charge on any atom is 0.175 e. The first-order valence-electron chi connectivity index (χ1n) is 8.17. The smallest absolute Gasteiger partial charge is 0.175 e. The van der Waals surface area contributed by atoms with Gasteiger partial charge in [-0.2, -0.15) is 0 Å².